The van der Waals surface area contributed by atoms with Crippen molar-refractivity contribution >= 4 is 34.0 Å². The van der Waals surface area contributed by atoms with Gasteiger partial charge in [0.1, 0.15) is 5.82 Å². The van der Waals surface area contributed by atoms with E-state index in [4.69, 9.17) is 11.6 Å². The highest BCUT2D eigenvalue weighted by atomic mass is 35.5. The first-order chi connectivity index (χ1) is 9.63. The molecule has 0 aliphatic heterocycles. The fraction of sp³-hybridized carbons (Fsp3) is 0.286. The summed E-state index contributed by atoms with van der Waals surface area (Å²) in [5.74, 6) is -0.765. The van der Waals surface area contributed by atoms with Crippen molar-refractivity contribution in [1.82, 2.24) is 4.98 Å². The Kier molecular flexibility index (Phi) is 3.72. The minimum atomic E-state index is -0.464. The molecule has 0 saturated carbocycles. The van der Waals surface area contributed by atoms with E-state index in [2.05, 4.69) is 10.3 Å². The Morgan fingerprint density at radius 3 is 3.05 bits per heavy atom. The van der Waals surface area contributed by atoms with Crippen molar-refractivity contribution in [3.63, 3.8) is 0 Å². The van der Waals surface area contributed by atoms with E-state index in [-0.39, 0.29) is 22.9 Å². The zero-order valence-corrected chi connectivity index (χ0v) is 12.2. The normalized spacial score (nSPS) is 13.3. The zero-order valence-electron chi connectivity index (χ0n) is 10.6. The molecule has 1 aliphatic carbocycles. The van der Waals surface area contributed by atoms with E-state index < -0.39 is 5.82 Å². The van der Waals surface area contributed by atoms with Crippen LogP contribution in [0.2, 0.25) is 5.02 Å². The van der Waals surface area contributed by atoms with Gasteiger partial charge in [0, 0.05) is 15.5 Å². The van der Waals surface area contributed by atoms with Crippen LogP contribution in [0.5, 0.6) is 0 Å². The van der Waals surface area contributed by atoms with E-state index in [1.807, 2.05) is 0 Å². The third kappa shape index (κ3) is 2.69. The largest absolute Gasteiger partial charge is 0.302 e. The van der Waals surface area contributed by atoms with Crippen LogP contribution >= 0.6 is 22.9 Å². The van der Waals surface area contributed by atoms with Crippen LogP contribution in [0.4, 0.5) is 9.52 Å². The molecule has 104 valence electrons. The van der Waals surface area contributed by atoms with Gasteiger partial charge in [-0.2, -0.15) is 0 Å². The molecule has 1 aliphatic rings. The lowest BCUT2D eigenvalue weighted by molar-refractivity contribution is -0.115. The molecule has 0 fully saturated rings. The first-order valence-corrected chi connectivity index (χ1v) is 7.54. The number of anilines is 1. The van der Waals surface area contributed by atoms with Gasteiger partial charge in [-0.3, -0.25) is 4.79 Å². The number of hydrogen-bond acceptors (Lipinski definition) is 3. The third-order valence-corrected chi connectivity index (χ3v) is 4.67. The molecule has 0 radical (unpaired) electrons. The SMILES string of the molecule is O=C(Cc1c(F)cccc1Cl)Nc1nc2c(s1)CCC2. The predicted molar refractivity (Wildman–Crippen MR) is 77.9 cm³/mol. The van der Waals surface area contributed by atoms with Gasteiger partial charge in [-0.25, -0.2) is 9.37 Å². The summed E-state index contributed by atoms with van der Waals surface area (Å²) in [6, 6.07) is 4.39. The highest BCUT2D eigenvalue weighted by Gasteiger charge is 2.18. The number of thiazole rings is 1. The number of rotatable bonds is 3. The maximum absolute atomic E-state index is 13.6. The van der Waals surface area contributed by atoms with Crippen LogP contribution in [-0.2, 0) is 24.1 Å². The van der Waals surface area contributed by atoms with Gasteiger partial charge in [0.25, 0.3) is 0 Å². The Labute approximate surface area is 124 Å². The summed E-state index contributed by atoms with van der Waals surface area (Å²) in [6.07, 6.45) is 3.05. The molecule has 1 N–H and O–H groups in total. The van der Waals surface area contributed by atoms with Crippen LogP contribution in [0.1, 0.15) is 22.6 Å². The van der Waals surface area contributed by atoms with Crippen molar-refractivity contribution in [1.29, 1.82) is 0 Å². The van der Waals surface area contributed by atoms with Gasteiger partial charge in [-0.15, -0.1) is 11.3 Å². The molecule has 2 aromatic rings. The van der Waals surface area contributed by atoms with E-state index in [1.165, 1.54) is 28.3 Å². The third-order valence-electron chi connectivity index (χ3n) is 3.24. The van der Waals surface area contributed by atoms with Gasteiger partial charge in [0.05, 0.1) is 12.1 Å². The lowest BCUT2D eigenvalue weighted by atomic mass is 10.1. The van der Waals surface area contributed by atoms with Crippen molar-refractivity contribution in [2.24, 2.45) is 0 Å². The monoisotopic (exact) mass is 310 g/mol. The summed E-state index contributed by atoms with van der Waals surface area (Å²) < 4.78 is 13.6. The van der Waals surface area contributed by atoms with Crippen LogP contribution in [-0.4, -0.2) is 10.9 Å². The first kappa shape index (κ1) is 13.5. The molecule has 1 aromatic heterocycles. The lowest BCUT2D eigenvalue weighted by Crippen LogP contribution is -2.15. The van der Waals surface area contributed by atoms with Gasteiger partial charge < -0.3 is 5.32 Å². The molecule has 1 amide bonds. The van der Waals surface area contributed by atoms with Crippen LogP contribution < -0.4 is 5.32 Å². The Morgan fingerprint density at radius 2 is 2.30 bits per heavy atom. The highest BCUT2D eigenvalue weighted by Crippen LogP contribution is 2.30. The average Bonchev–Trinajstić information content (AvgIpc) is 2.94. The summed E-state index contributed by atoms with van der Waals surface area (Å²) in [7, 11) is 0. The van der Waals surface area contributed by atoms with Crippen molar-refractivity contribution in [3.05, 3.63) is 45.2 Å². The minimum absolute atomic E-state index is 0.0875. The zero-order chi connectivity index (χ0) is 14.1. The number of benzene rings is 1. The number of nitrogens with zero attached hydrogens (tertiary/aromatic N) is 1. The van der Waals surface area contributed by atoms with Gasteiger partial charge in [0.2, 0.25) is 5.91 Å². The standard InChI is InChI=1S/C14H12ClFN2OS/c15-9-3-1-4-10(16)8(9)7-13(19)18-14-17-11-5-2-6-12(11)20-14/h1,3-4H,2,5-7H2,(H,17,18,19). The molecule has 0 saturated heterocycles. The molecule has 0 spiro atoms. The maximum atomic E-state index is 13.6. The molecule has 20 heavy (non-hydrogen) atoms. The Balaban J connectivity index is 1.70. The molecular weight excluding hydrogens is 299 g/mol. The number of carbonyl (C=O) groups is 1. The average molecular weight is 311 g/mol. The fourth-order valence-corrected chi connectivity index (χ4v) is 3.56. The summed E-state index contributed by atoms with van der Waals surface area (Å²) in [5, 5.41) is 3.57. The van der Waals surface area contributed by atoms with Gasteiger partial charge >= 0.3 is 0 Å². The molecule has 1 aromatic carbocycles. The maximum Gasteiger partial charge on any atom is 0.230 e. The molecular formula is C14H12ClFN2OS. The number of amides is 1. The van der Waals surface area contributed by atoms with Crippen LogP contribution in [0, 0.1) is 5.82 Å². The van der Waals surface area contributed by atoms with Crippen molar-refractivity contribution < 1.29 is 9.18 Å². The molecule has 6 heteroatoms. The van der Waals surface area contributed by atoms with Crippen LogP contribution in [0.25, 0.3) is 0 Å². The fourth-order valence-electron chi connectivity index (χ4n) is 2.27. The van der Waals surface area contributed by atoms with Crippen molar-refractivity contribution in [2.75, 3.05) is 5.32 Å². The highest BCUT2D eigenvalue weighted by molar-refractivity contribution is 7.15. The number of fused-ring (bicyclic) bond motifs is 1. The summed E-state index contributed by atoms with van der Waals surface area (Å²) in [4.78, 5) is 17.6. The minimum Gasteiger partial charge on any atom is -0.302 e. The van der Waals surface area contributed by atoms with Gasteiger partial charge in [0.15, 0.2) is 5.13 Å². The second-order valence-electron chi connectivity index (χ2n) is 4.67. The Hall–Kier alpha value is -1.46. The molecule has 0 unspecified atom stereocenters. The van der Waals surface area contributed by atoms with E-state index in [0.29, 0.717) is 5.13 Å². The van der Waals surface area contributed by atoms with Gasteiger partial charge in [-0.05, 0) is 31.4 Å². The quantitative estimate of drug-likeness (QED) is 0.941. The van der Waals surface area contributed by atoms with E-state index in [1.54, 1.807) is 6.07 Å². The number of hydrogen-bond donors (Lipinski definition) is 1. The summed E-state index contributed by atoms with van der Waals surface area (Å²) >= 11 is 7.40. The summed E-state index contributed by atoms with van der Waals surface area (Å²) in [5.41, 5.74) is 1.30. The molecule has 3 nitrogen and oxygen atoms in total. The first-order valence-electron chi connectivity index (χ1n) is 6.35. The second kappa shape index (κ2) is 5.50. The number of halogens is 2. The molecule has 3 rings (SSSR count). The molecule has 1 heterocycles. The number of aryl methyl sites for hydroxylation is 2. The molecule has 0 bridgehead atoms. The van der Waals surface area contributed by atoms with E-state index in [0.717, 1.165) is 25.0 Å². The topological polar surface area (TPSA) is 42.0 Å². The second-order valence-corrected chi connectivity index (χ2v) is 6.16. The molecule has 0 atom stereocenters. The van der Waals surface area contributed by atoms with E-state index >= 15 is 0 Å². The Bertz CT molecular complexity index is 629. The smallest absolute Gasteiger partial charge is 0.230 e. The lowest BCUT2D eigenvalue weighted by Gasteiger charge is -2.05. The Morgan fingerprint density at radius 1 is 1.45 bits per heavy atom. The number of carbonyl (C=O) groups excluding carboxylic acids is 1. The number of nitrogens with one attached hydrogen (secondary N) is 1. The van der Waals surface area contributed by atoms with E-state index in [9.17, 15) is 9.18 Å². The summed E-state index contributed by atoms with van der Waals surface area (Å²) in [6.45, 7) is 0. The van der Waals surface area contributed by atoms with Crippen molar-refractivity contribution in [2.45, 2.75) is 25.7 Å². The predicted octanol–water partition coefficient (Wildman–Crippen LogP) is 3.61. The van der Waals surface area contributed by atoms with Gasteiger partial charge in [-0.1, -0.05) is 17.7 Å². The van der Waals surface area contributed by atoms with Crippen molar-refractivity contribution in [3.8, 4) is 0 Å². The number of aromatic nitrogens is 1. The van der Waals surface area contributed by atoms with Crippen LogP contribution in [0.3, 0.4) is 0 Å². The van der Waals surface area contributed by atoms with Crippen LogP contribution in [0.15, 0.2) is 18.2 Å².